The van der Waals surface area contributed by atoms with Gasteiger partial charge in [-0.25, -0.2) is 0 Å². The Morgan fingerprint density at radius 1 is 1.15 bits per heavy atom. The Morgan fingerprint density at radius 2 is 1.78 bits per heavy atom. The number of hydrogen-bond donors (Lipinski definition) is 2. The lowest BCUT2D eigenvalue weighted by Crippen LogP contribution is -2.39. The maximum absolute atomic E-state index is 5.38. The number of piperidine rings is 1. The van der Waals surface area contributed by atoms with Gasteiger partial charge in [-0.15, -0.1) is 0 Å². The summed E-state index contributed by atoms with van der Waals surface area (Å²) in [7, 11) is 1.67. The van der Waals surface area contributed by atoms with Crippen molar-refractivity contribution in [3.05, 3.63) is 6.07 Å². The van der Waals surface area contributed by atoms with Gasteiger partial charge in [0.15, 0.2) is 5.11 Å². The predicted molar refractivity (Wildman–Crippen MR) is 115 cm³/mol. The van der Waals surface area contributed by atoms with Crippen LogP contribution in [-0.2, 0) is 4.74 Å². The van der Waals surface area contributed by atoms with Gasteiger partial charge in [-0.1, -0.05) is 13.8 Å². The largest absolute Gasteiger partial charge is 0.383 e. The lowest BCUT2D eigenvalue weighted by Gasteiger charge is -2.36. The standard InChI is InChI=1S/C19H32N6OS/c1-14-10-15(2)13-25(12-14)17-11-16(24-7-4-5-8-24)21-18(22-17)23-19(27)20-6-9-26-3/h11,14-15H,4-10,12-13H2,1-3H3,(H2,20,21,22,23,27)/t14-,15-/m1/s1. The van der Waals surface area contributed by atoms with E-state index in [1.165, 1.54) is 19.3 Å². The molecule has 7 nitrogen and oxygen atoms in total. The fraction of sp³-hybridized carbons (Fsp3) is 0.737. The zero-order valence-corrected chi connectivity index (χ0v) is 17.5. The first kappa shape index (κ1) is 20.1. The van der Waals surface area contributed by atoms with E-state index < -0.39 is 0 Å². The molecule has 2 N–H and O–H groups in total. The summed E-state index contributed by atoms with van der Waals surface area (Å²) in [6.07, 6.45) is 3.72. The number of rotatable bonds is 6. The van der Waals surface area contributed by atoms with E-state index in [4.69, 9.17) is 26.9 Å². The Bertz CT molecular complexity index is 627. The quantitative estimate of drug-likeness (QED) is 0.565. The Hall–Kier alpha value is -1.67. The normalized spacial score (nSPS) is 22.8. The molecule has 0 aromatic carbocycles. The van der Waals surface area contributed by atoms with Crippen molar-refractivity contribution < 1.29 is 4.74 Å². The van der Waals surface area contributed by atoms with Gasteiger partial charge in [0.2, 0.25) is 5.95 Å². The molecule has 0 saturated carbocycles. The molecule has 2 aliphatic heterocycles. The van der Waals surface area contributed by atoms with Crippen LogP contribution in [0.5, 0.6) is 0 Å². The smallest absolute Gasteiger partial charge is 0.232 e. The lowest BCUT2D eigenvalue weighted by molar-refractivity contribution is 0.204. The molecule has 3 heterocycles. The van der Waals surface area contributed by atoms with Crippen LogP contribution >= 0.6 is 12.2 Å². The van der Waals surface area contributed by atoms with Crippen LogP contribution in [0.2, 0.25) is 0 Å². The number of anilines is 3. The molecule has 0 spiro atoms. The van der Waals surface area contributed by atoms with Crippen LogP contribution in [0.1, 0.15) is 33.1 Å². The highest BCUT2D eigenvalue weighted by Gasteiger charge is 2.25. The van der Waals surface area contributed by atoms with Crippen molar-refractivity contribution in [2.45, 2.75) is 33.1 Å². The van der Waals surface area contributed by atoms with Crippen molar-refractivity contribution in [1.82, 2.24) is 15.3 Å². The van der Waals surface area contributed by atoms with Crippen molar-refractivity contribution in [2.75, 3.05) is 61.6 Å². The second kappa shape index (κ2) is 9.50. The minimum Gasteiger partial charge on any atom is -0.383 e. The zero-order valence-electron chi connectivity index (χ0n) is 16.7. The van der Waals surface area contributed by atoms with Crippen LogP contribution in [0.15, 0.2) is 6.07 Å². The molecule has 0 amide bonds. The Labute approximate surface area is 167 Å². The number of aromatic nitrogens is 2. The molecular weight excluding hydrogens is 360 g/mol. The van der Waals surface area contributed by atoms with E-state index in [0.29, 0.717) is 36.0 Å². The number of ether oxygens (including phenoxy) is 1. The molecule has 0 aliphatic carbocycles. The molecule has 0 bridgehead atoms. The van der Waals surface area contributed by atoms with E-state index in [0.717, 1.165) is 37.8 Å². The zero-order chi connectivity index (χ0) is 19.2. The van der Waals surface area contributed by atoms with Crippen LogP contribution in [-0.4, -0.2) is 61.5 Å². The van der Waals surface area contributed by atoms with Crippen LogP contribution in [0.25, 0.3) is 0 Å². The third-order valence-electron chi connectivity index (χ3n) is 5.14. The van der Waals surface area contributed by atoms with E-state index in [1.54, 1.807) is 7.11 Å². The van der Waals surface area contributed by atoms with E-state index in [-0.39, 0.29) is 0 Å². The maximum Gasteiger partial charge on any atom is 0.232 e. The second-order valence-corrected chi connectivity index (χ2v) is 8.24. The average molecular weight is 393 g/mol. The highest BCUT2D eigenvalue weighted by atomic mass is 32.1. The van der Waals surface area contributed by atoms with Crippen molar-refractivity contribution in [3.8, 4) is 0 Å². The molecular formula is C19H32N6OS. The van der Waals surface area contributed by atoms with Gasteiger partial charge in [0.05, 0.1) is 6.61 Å². The van der Waals surface area contributed by atoms with Crippen LogP contribution in [0.3, 0.4) is 0 Å². The number of methoxy groups -OCH3 is 1. The van der Waals surface area contributed by atoms with Crippen molar-refractivity contribution >= 4 is 34.9 Å². The molecule has 0 unspecified atom stereocenters. The minimum absolute atomic E-state index is 0.525. The number of nitrogens with zero attached hydrogens (tertiary/aromatic N) is 4. The Kier molecular flexibility index (Phi) is 7.07. The summed E-state index contributed by atoms with van der Waals surface area (Å²) in [5.74, 6) is 3.90. The number of thiocarbonyl (C=S) groups is 1. The molecule has 1 aromatic rings. The first-order valence-electron chi connectivity index (χ1n) is 9.98. The first-order chi connectivity index (χ1) is 13.0. The first-order valence-corrected chi connectivity index (χ1v) is 10.4. The van der Waals surface area contributed by atoms with Gasteiger partial charge in [-0.3, -0.25) is 0 Å². The molecule has 3 rings (SSSR count). The maximum atomic E-state index is 5.38. The van der Waals surface area contributed by atoms with Crippen molar-refractivity contribution in [3.63, 3.8) is 0 Å². The summed E-state index contributed by atoms with van der Waals surface area (Å²) in [5, 5.41) is 6.80. The predicted octanol–water partition coefficient (Wildman–Crippen LogP) is 2.49. The van der Waals surface area contributed by atoms with Crippen LogP contribution in [0.4, 0.5) is 17.6 Å². The van der Waals surface area contributed by atoms with Gasteiger partial charge in [0.25, 0.3) is 0 Å². The highest BCUT2D eigenvalue weighted by molar-refractivity contribution is 7.80. The lowest BCUT2D eigenvalue weighted by atomic mass is 9.92. The SMILES string of the molecule is COCCNC(=S)Nc1nc(N2CCCC2)cc(N2C[C@H](C)C[C@@H](C)C2)n1. The fourth-order valence-corrected chi connectivity index (χ4v) is 4.20. The van der Waals surface area contributed by atoms with Gasteiger partial charge in [0.1, 0.15) is 11.6 Å². The molecule has 2 atom stereocenters. The number of nitrogens with one attached hydrogen (secondary N) is 2. The topological polar surface area (TPSA) is 65.6 Å². The van der Waals surface area contributed by atoms with Gasteiger partial charge >= 0.3 is 0 Å². The van der Waals surface area contributed by atoms with Crippen molar-refractivity contribution in [1.29, 1.82) is 0 Å². The summed E-state index contributed by atoms with van der Waals surface area (Å²) in [6, 6.07) is 2.14. The van der Waals surface area contributed by atoms with Gasteiger partial charge in [-0.2, -0.15) is 9.97 Å². The van der Waals surface area contributed by atoms with Crippen LogP contribution < -0.4 is 20.4 Å². The third-order valence-corrected chi connectivity index (χ3v) is 5.39. The Balaban J connectivity index is 1.79. The average Bonchev–Trinajstić information content (AvgIpc) is 3.15. The summed E-state index contributed by atoms with van der Waals surface area (Å²) >= 11 is 5.38. The molecule has 2 fully saturated rings. The van der Waals surface area contributed by atoms with E-state index in [9.17, 15) is 0 Å². The highest BCUT2D eigenvalue weighted by Crippen LogP contribution is 2.29. The van der Waals surface area contributed by atoms with Gasteiger partial charge < -0.3 is 25.2 Å². The monoisotopic (exact) mass is 392 g/mol. The molecule has 8 heteroatoms. The summed E-state index contributed by atoms with van der Waals surface area (Å²) in [5.41, 5.74) is 0. The summed E-state index contributed by atoms with van der Waals surface area (Å²) in [6.45, 7) is 10.1. The van der Waals surface area contributed by atoms with Gasteiger partial charge in [0, 0.05) is 45.9 Å². The van der Waals surface area contributed by atoms with E-state index in [1.807, 2.05) is 0 Å². The Morgan fingerprint density at radius 3 is 2.41 bits per heavy atom. The second-order valence-electron chi connectivity index (χ2n) is 7.83. The molecule has 0 radical (unpaired) electrons. The molecule has 2 aliphatic rings. The number of hydrogen-bond acceptors (Lipinski definition) is 6. The van der Waals surface area contributed by atoms with Crippen LogP contribution in [0, 0.1) is 11.8 Å². The molecule has 1 aromatic heterocycles. The molecule has 150 valence electrons. The fourth-order valence-electron chi connectivity index (χ4n) is 4.01. The summed E-state index contributed by atoms with van der Waals surface area (Å²) in [4.78, 5) is 14.3. The molecule has 2 saturated heterocycles. The minimum atomic E-state index is 0.525. The molecule has 27 heavy (non-hydrogen) atoms. The van der Waals surface area contributed by atoms with E-state index >= 15 is 0 Å². The third kappa shape index (κ3) is 5.65. The summed E-state index contributed by atoms with van der Waals surface area (Å²) < 4.78 is 5.05. The van der Waals surface area contributed by atoms with Gasteiger partial charge in [-0.05, 0) is 43.3 Å². The van der Waals surface area contributed by atoms with E-state index in [2.05, 4.69) is 40.3 Å². The van der Waals surface area contributed by atoms with Crippen molar-refractivity contribution in [2.24, 2.45) is 11.8 Å².